The second-order valence-electron chi connectivity index (χ2n) is 7.96. The van der Waals surface area contributed by atoms with Crippen molar-refractivity contribution >= 4 is 29.1 Å². The van der Waals surface area contributed by atoms with Crippen molar-refractivity contribution in [2.24, 2.45) is 0 Å². The van der Waals surface area contributed by atoms with Gasteiger partial charge in [0.15, 0.2) is 5.82 Å². The lowest BCUT2D eigenvalue weighted by Crippen LogP contribution is -2.33. The summed E-state index contributed by atoms with van der Waals surface area (Å²) in [6.07, 6.45) is -4.48. The summed E-state index contributed by atoms with van der Waals surface area (Å²) in [4.78, 5) is 25.7. The van der Waals surface area contributed by atoms with Gasteiger partial charge in [-0.05, 0) is 59.7 Å². The molecule has 1 N–H and O–H groups in total. The third-order valence-electron chi connectivity index (χ3n) is 5.32. The number of amides is 1. The first-order valence-electron chi connectivity index (χ1n) is 10.7. The molecule has 4 aromatic rings. The number of aromatic nitrogens is 3. The molecule has 1 aromatic heterocycles. The molecule has 0 radical (unpaired) electrons. The zero-order valence-corrected chi connectivity index (χ0v) is 20.1. The first-order chi connectivity index (χ1) is 17.1. The Kier molecular flexibility index (Phi) is 7.51. The highest BCUT2D eigenvalue weighted by Crippen LogP contribution is 2.29. The van der Waals surface area contributed by atoms with E-state index in [-0.39, 0.29) is 18.7 Å². The highest BCUT2D eigenvalue weighted by Gasteiger charge is 2.30. The third kappa shape index (κ3) is 6.16. The number of nitrogens with zero attached hydrogens (tertiary/aromatic N) is 3. The average Bonchev–Trinajstić information content (AvgIpc) is 3.14. The molecular formula is C25H19Cl2F3N4O2. The maximum Gasteiger partial charge on any atom is 0.416 e. The number of alkyl halides is 3. The predicted molar refractivity (Wildman–Crippen MR) is 131 cm³/mol. The van der Waals surface area contributed by atoms with Crippen LogP contribution >= 0.6 is 23.2 Å². The Morgan fingerprint density at radius 2 is 1.56 bits per heavy atom. The van der Waals surface area contributed by atoms with E-state index in [2.05, 4.69) is 10.4 Å². The van der Waals surface area contributed by atoms with Crippen LogP contribution in [0.4, 0.5) is 13.2 Å². The largest absolute Gasteiger partial charge is 0.416 e. The van der Waals surface area contributed by atoms with E-state index in [1.54, 1.807) is 48.5 Å². The molecule has 1 heterocycles. The number of hydrogen-bond acceptors (Lipinski definition) is 3. The van der Waals surface area contributed by atoms with Gasteiger partial charge in [-0.2, -0.15) is 13.2 Å². The second-order valence-corrected chi connectivity index (χ2v) is 8.83. The first kappa shape index (κ1) is 25.5. The molecule has 0 aliphatic heterocycles. The van der Waals surface area contributed by atoms with Gasteiger partial charge in [-0.1, -0.05) is 47.5 Å². The molecule has 4 rings (SSSR count). The molecule has 0 unspecified atom stereocenters. The minimum absolute atomic E-state index is 0.132. The number of halogens is 5. The molecule has 0 aliphatic rings. The summed E-state index contributed by atoms with van der Waals surface area (Å²) in [5.41, 5.74) is 0.364. The van der Waals surface area contributed by atoms with E-state index in [4.69, 9.17) is 23.2 Å². The molecule has 6 nitrogen and oxygen atoms in total. The lowest BCUT2D eigenvalue weighted by Gasteiger charge is -2.09. The smallest absolute Gasteiger partial charge is 0.350 e. The van der Waals surface area contributed by atoms with Crippen molar-refractivity contribution in [3.63, 3.8) is 0 Å². The second kappa shape index (κ2) is 10.6. The molecule has 11 heteroatoms. The molecule has 0 bridgehead atoms. The van der Waals surface area contributed by atoms with E-state index in [1.807, 2.05) is 0 Å². The van der Waals surface area contributed by atoms with Crippen LogP contribution in [0, 0.1) is 0 Å². The fourth-order valence-electron chi connectivity index (χ4n) is 3.52. The zero-order valence-electron chi connectivity index (χ0n) is 18.6. The molecule has 1 amide bonds. The van der Waals surface area contributed by atoms with Crippen LogP contribution in [0.1, 0.15) is 16.7 Å². The number of nitrogens with one attached hydrogen (secondary N) is 1. The average molecular weight is 535 g/mol. The maximum absolute atomic E-state index is 13.2. The Balaban J connectivity index is 1.56. The molecule has 186 valence electrons. The van der Waals surface area contributed by atoms with Crippen LogP contribution in [-0.4, -0.2) is 20.3 Å². The number of rotatable bonds is 7. The number of carbonyl (C=O) groups is 1. The van der Waals surface area contributed by atoms with E-state index in [1.165, 1.54) is 16.7 Å². The van der Waals surface area contributed by atoms with Crippen LogP contribution in [-0.2, 0) is 30.6 Å². The summed E-state index contributed by atoms with van der Waals surface area (Å²) in [5, 5.41) is 7.96. The van der Waals surface area contributed by atoms with Gasteiger partial charge in [0, 0.05) is 22.2 Å². The monoisotopic (exact) mass is 534 g/mol. The number of benzene rings is 3. The highest BCUT2D eigenvalue weighted by atomic mass is 35.5. The van der Waals surface area contributed by atoms with Crippen molar-refractivity contribution in [3.8, 4) is 11.4 Å². The Morgan fingerprint density at radius 1 is 0.917 bits per heavy atom. The number of hydrogen-bond donors (Lipinski definition) is 1. The van der Waals surface area contributed by atoms with Gasteiger partial charge < -0.3 is 5.32 Å². The van der Waals surface area contributed by atoms with Gasteiger partial charge in [0.05, 0.1) is 12.1 Å². The highest BCUT2D eigenvalue weighted by molar-refractivity contribution is 6.30. The summed E-state index contributed by atoms with van der Waals surface area (Å²) < 4.78 is 41.2. The normalized spacial score (nSPS) is 11.5. The van der Waals surface area contributed by atoms with Gasteiger partial charge >= 0.3 is 11.9 Å². The first-order valence-corrected chi connectivity index (χ1v) is 11.5. The van der Waals surface area contributed by atoms with Crippen molar-refractivity contribution < 1.29 is 18.0 Å². The van der Waals surface area contributed by atoms with Crippen molar-refractivity contribution in [2.45, 2.75) is 25.8 Å². The summed E-state index contributed by atoms with van der Waals surface area (Å²) in [5.74, 6) is -0.245. The Hall–Kier alpha value is -3.56. The molecule has 0 saturated heterocycles. The van der Waals surface area contributed by atoms with E-state index in [0.29, 0.717) is 21.4 Å². The van der Waals surface area contributed by atoms with Gasteiger partial charge in [-0.3, -0.25) is 9.36 Å². The van der Waals surface area contributed by atoms with E-state index < -0.39 is 29.9 Å². The molecule has 0 saturated carbocycles. The van der Waals surface area contributed by atoms with Crippen LogP contribution in [0.25, 0.3) is 11.4 Å². The summed E-state index contributed by atoms with van der Waals surface area (Å²) in [7, 11) is 0. The van der Waals surface area contributed by atoms with Crippen LogP contribution in [0.5, 0.6) is 0 Å². The van der Waals surface area contributed by atoms with Crippen molar-refractivity contribution in [2.75, 3.05) is 0 Å². The topological polar surface area (TPSA) is 68.9 Å². The Labute approximate surface area is 213 Å². The lowest BCUT2D eigenvalue weighted by molar-refractivity contribution is -0.137. The van der Waals surface area contributed by atoms with Crippen molar-refractivity contribution in [3.05, 3.63) is 110 Å². The number of carbonyl (C=O) groups excluding carboxylic acids is 1. The molecule has 3 aromatic carbocycles. The van der Waals surface area contributed by atoms with Crippen LogP contribution in [0.3, 0.4) is 0 Å². The summed E-state index contributed by atoms with van der Waals surface area (Å²) in [6, 6.07) is 18.4. The van der Waals surface area contributed by atoms with Gasteiger partial charge in [0.2, 0.25) is 5.91 Å². The zero-order chi connectivity index (χ0) is 25.9. The lowest BCUT2D eigenvalue weighted by atomic mass is 10.1. The third-order valence-corrected chi connectivity index (χ3v) is 5.82. The van der Waals surface area contributed by atoms with Gasteiger partial charge in [0.1, 0.15) is 6.54 Å². The Morgan fingerprint density at radius 3 is 2.19 bits per heavy atom. The fraction of sp³-hybridized carbons (Fsp3) is 0.160. The summed E-state index contributed by atoms with van der Waals surface area (Å²) >= 11 is 11.9. The van der Waals surface area contributed by atoms with E-state index in [0.717, 1.165) is 22.4 Å². The van der Waals surface area contributed by atoms with Crippen molar-refractivity contribution in [1.29, 1.82) is 0 Å². The molecule has 0 atom stereocenters. The van der Waals surface area contributed by atoms with Crippen LogP contribution in [0.15, 0.2) is 77.6 Å². The van der Waals surface area contributed by atoms with Crippen molar-refractivity contribution in [1.82, 2.24) is 19.7 Å². The minimum Gasteiger partial charge on any atom is -0.350 e. The van der Waals surface area contributed by atoms with E-state index >= 15 is 0 Å². The molecule has 0 spiro atoms. The standard InChI is InChI=1S/C25H19Cl2F3N4O2/c26-20-8-4-16(5-9-20)14-33-23(18-6-10-21(27)11-7-18)32-34(24(33)36)15-22(35)31-13-17-2-1-3-19(12-17)25(28,29)30/h1-12H,13-15H2,(H,31,35). The SMILES string of the molecule is O=C(Cn1nc(-c2ccc(Cl)cc2)n(Cc2ccc(Cl)cc2)c1=O)NCc1cccc(C(F)(F)F)c1. The molecule has 0 aliphatic carbocycles. The quantitative estimate of drug-likeness (QED) is 0.345. The summed E-state index contributed by atoms with van der Waals surface area (Å²) in [6.45, 7) is -0.362. The fourth-order valence-corrected chi connectivity index (χ4v) is 3.77. The van der Waals surface area contributed by atoms with E-state index in [9.17, 15) is 22.8 Å². The predicted octanol–water partition coefficient (Wildman–Crippen LogP) is 5.40. The van der Waals surface area contributed by atoms with Gasteiger partial charge in [-0.15, -0.1) is 5.10 Å². The maximum atomic E-state index is 13.2. The van der Waals surface area contributed by atoms with Gasteiger partial charge in [0.25, 0.3) is 0 Å². The molecular weight excluding hydrogens is 516 g/mol. The van der Waals surface area contributed by atoms with Crippen LogP contribution in [0.2, 0.25) is 10.0 Å². The minimum atomic E-state index is -4.48. The molecule has 36 heavy (non-hydrogen) atoms. The van der Waals surface area contributed by atoms with Crippen LogP contribution < -0.4 is 11.0 Å². The Bertz CT molecular complexity index is 1430. The van der Waals surface area contributed by atoms with Gasteiger partial charge in [-0.25, -0.2) is 9.48 Å². The molecule has 0 fully saturated rings.